The van der Waals surface area contributed by atoms with Crippen molar-refractivity contribution in [2.45, 2.75) is 19.8 Å². The smallest absolute Gasteiger partial charge is 0.291 e. The van der Waals surface area contributed by atoms with E-state index in [0.29, 0.717) is 33.4 Å². The minimum absolute atomic E-state index is 0.179. The van der Waals surface area contributed by atoms with E-state index in [1.807, 2.05) is 54.6 Å². The van der Waals surface area contributed by atoms with Gasteiger partial charge in [0.1, 0.15) is 0 Å². The van der Waals surface area contributed by atoms with Crippen LogP contribution in [0.25, 0.3) is 22.4 Å². The lowest BCUT2D eigenvalue weighted by atomic mass is 10.2. The number of benzene rings is 2. The van der Waals surface area contributed by atoms with Crippen LogP contribution in [0.3, 0.4) is 0 Å². The maximum atomic E-state index is 12.8. The summed E-state index contributed by atoms with van der Waals surface area (Å²) in [4.78, 5) is 17.8. The zero-order valence-corrected chi connectivity index (χ0v) is 17.1. The van der Waals surface area contributed by atoms with Crippen molar-refractivity contribution in [1.29, 1.82) is 0 Å². The second kappa shape index (κ2) is 8.45. The third-order valence-corrected chi connectivity index (χ3v) is 5.41. The molecule has 4 aromatic rings. The van der Waals surface area contributed by atoms with Gasteiger partial charge in [-0.3, -0.25) is 4.79 Å². The molecule has 0 atom stereocenters. The van der Waals surface area contributed by atoms with Crippen LogP contribution >= 0.6 is 11.3 Å². The van der Waals surface area contributed by atoms with Gasteiger partial charge in [0.2, 0.25) is 4.96 Å². The fourth-order valence-corrected chi connectivity index (χ4v) is 3.82. The minimum Gasteiger partial charge on any atom is -0.493 e. The Hall–Kier alpha value is -3.19. The summed E-state index contributed by atoms with van der Waals surface area (Å²) in [6, 6.07) is 15.3. The summed E-state index contributed by atoms with van der Waals surface area (Å²) in [5, 5.41) is 4.37. The molecule has 6 nitrogen and oxygen atoms in total. The Kier molecular flexibility index (Phi) is 5.57. The Morgan fingerprint density at radius 1 is 1.14 bits per heavy atom. The van der Waals surface area contributed by atoms with E-state index in [-0.39, 0.29) is 5.56 Å². The molecule has 29 heavy (non-hydrogen) atoms. The van der Waals surface area contributed by atoms with Crippen LogP contribution in [0.5, 0.6) is 11.5 Å². The number of methoxy groups -OCH3 is 1. The van der Waals surface area contributed by atoms with Crippen LogP contribution in [0, 0.1) is 0 Å². The fraction of sp³-hybridized carbons (Fsp3) is 0.227. The molecule has 0 amide bonds. The molecule has 0 aliphatic rings. The van der Waals surface area contributed by atoms with Crippen molar-refractivity contribution < 1.29 is 9.47 Å². The summed E-state index contributed by atoms with van der Waals surface area (Å²) < 4.78 is 13.1. The Balaban J connectivity index is 1.66. The molecule has 0 radical (unpaired) electrons. The first-order valence-corrected chi connectivity index (χ1v) is 10.3. The Morgan fingerprint density at radius 2 is 1.97 bits per heavy atom. The summed E-state index contributed by atoms with van der Waals surface area (Å²) in [7, 11) is 1.61. The lowest BCUT2D eigenvalue weighted by Crippen LogP contribution is -2.23. The van der Waals surface area contributed by atoms with Gasteiger partial charge in [-0.25, -0.2) is 0 Å². The fourth-order valence-electron chi connectivity index (χ4n) is 2.91. The van der Waals surface area contributed by atoms with Crippen molar-refractivity contribution in [2.24, 2.45) is 0 Å². The number of unbranched alkanes of at least 4 members (excludes halogenated alkanes) is 1. The molecule has 0 saturated carbocycles. The number of fused-ring (bicyclic) bond motifs is 1. The molecule has 4 rings (SSSR count). The predicted molar refractivity (Wildman–Crippen MR) is 115 cm³/mol. The molecule has 0 spiro atoms. The first kappa shape index (κ1) is 19.1. The van der Waals surface area contributed by atoms with Gasteiger partial charge in [0.05, 0.1) is 18.2 Å². The van der Waals surface area contributed by atoms with Gasteiger partial charge in [-0.1, -0.05) is 61.1 Å². The van der Waals surface area contributed by atoms with Gasteiger partial charge >= 0.3 is 0 Å². The first-order chi connectivity index (χ1) is 14.2. The number of rotatable bonds is 7. The predicted octanol–water partition coefficient (Wildman–Crippen LogP) is 3.55. The first-order valence-electron chi connectivity index (χ1n) is 9.47. The zero-order valence-electron chi connectivity index (χ0n) is 16.3. The van der Waals surface area contributed by atoms with Crippen molar-refractivity contribution >= 4 is 22.4 Å². The van der Waals surface area contributed by atoms with Crippen molar-refractivity contribution in [2.75, 3.05) is 13.7 Å². The number of ether oxygens (including phenoxy) is 2. The second-order valence-corrected chi connectivity index (χ2v) is 7.53. The van der Waals surface area contributed by atoms with Gasteiger partial charge in [-0.15, -0.1) is 5.10 Å². The largest absolute Gasteiger partial charge is 0.493 e. The zero-order chi connectivity index (χ0) is 20.2. The standard InChI is InChI=1S/C22H21N3O3S/c1-3-4-12-28-17-11-10-15(13-18(17)27-2)14-19-21(26)25-22(29-19)23-20(24-25)16-8-6-5-7-9-16/h5-11,13-14H,3-4,12H2,1-2H3/b19-14-. The van der Waals surface area contributed by atoms with Crippen LogP contribution in [0.1, 0.15) is 25.3 Å². The van der Waals surface area contributed by atoms with Crippen LogP contribution in [-0.4, -0.2) is 28.3 Å². The van der Waals surface area contributed by atoms with Crippen LogP contribution in [0.4, 0.5) is 0 Å². The summed E-state index contributed by atoms with van der Waals surface area (Å²) in [6.45, 7) is 2.77. The summed E-state index contributed by atoms with van der Waals surface area (Å²) in [6.07, 6.45) is 3.88. The highest BCUT2D eigenvalue weighted by atomic mass is 32.1. The van der Waals surface area contributed by atoms with Crippen molar-refractivity contribution in [1.82, 2.24) is 14.6 Å². The van der Waals surface area contributed by atoms with Gasteiger partial charge in [-0.2, -0.15) is 9.50 Å². The Labute approximate surface area is 172 Å². The van der Waals surface area contributed by atoms with Crippen molar-refractivity contribution in [3.63, 3.8) is 0 Å². The molecule has 148 valence electrons. The van der Waals surface area contributed by atoms with E-state index in [4.69, 9.17) is 9.47 Å². The summed E-state index contributed by atoms with van der Waals surface area (Å²) >= 11 is 1.32. The highest BCUT2D eigenvalue weighted by molar-refractivity contribution is 7.15. The third kappa shape index (κ3) is 4.00. The molecule has 7 heteroatoms. The van der Waals surface area contributed by atoms with Gasteiger partial charge in [0.25, 0.3) is 5.56 Å². The monoisotopic (exact) mass is 407 g/mol. The third-order valence-electron chi connectivity index (χ3n) is 4.45. The minimum atomic E-state index is -0.179. The molecule has 0 bridgehead atoms. The maximum Gasteiger partial charge on any atom is 0.291 e. The van der Waals surface area contributed by atoms with E-state index in [0.717, 1.165) is 24.0 Å². The van der Waals surface area contributed by atoms with Gasteiger partial charge < -0.3 is 9.47 Å². The van der Waals surface area contributed by atoms with Crippen LogP contribution in [0.15, 0.2) is 53.3 Å². The van der Waals surface area contributed by atoms with E-state index in [9.17, 15) is 4.79 Å². The van der Waals surface area contributed by atoms with Crippen molar-refractivity contribution in [3.05, 3.63) is 69.0 Å². The topological polar surface area (TPSA) is 65.7 Å². The van der Waals surface area contributed by atoms with E-state index >= 15 is 0 Å². The molecule has 2 heterocycles. The van der Waals surface area contributed by atoms with Crippen LogP contribution < -0.4 is 19.6 Å². The Bertz CT molecular complexity index is 1230. The maximum absolute atomic E-state index is 12.8. The summed E-state index contributed by atoms with van der Waals surface area (Å²) in [5.74, 6) is 1.90. The van der Waals surface area contributed by atoms with E-state index in [2.05, 4.69) is 17.0 Å². The Morgan fingerprint density at radius 3 is 2.69 bits per heavy atom. The highest BCUT2D eigenvalue weighted by Crippen LogP contribution is 2.28. The van der Waals surface area contributed by atoms with Crippen LogP contribution in [-0.2, 0) is 0 Å². The molecular formula is C22H21N3O3S. The highest BCUT2D eigenvalue weighted by Gasteiger charge is 2.12. The number of hydrogen-bond acceptors (Lipinski definition) is 6. The molecule has 0 fully saturated rings. The van der Waals surface area contributed by atoms with E-state index < -0.39 is 0 Å². The summed E-state index contributed by atoms with van der Waals surface area (Å²) in [5.41, 5.74) is 1.56. The van der Waals surface area contributed by atoms with Gasteiger partial charge in [0, 0.05) is 5.56 Å². The second-order valence-electron chi connectivity index (χ2n) is 6.52. The average molecular weight is 407 g/mol. The number of hydrogen-bond donors (Lipinski definition) is 0. The van der Waals surface area contributed by atoms with E-state index in [1.54, 1.807) is 7.11 Å². The average Bonchev–Trinajstić information content (AvgIpc) is 3.29. The lowest BCUT2D eigenvalue weighted by Gasteiger charge is -2.10. The molecule has 0 aliphatic heterocycles. The molecule has 0 saturated heterocycles. The molecule has 0 aliphatic carbocycles. The lowest BCUT2D eigenvalue weighted by molar-refractivity contribution is 0.288. The SMILES string of the molecule is CCCCOc1ccc(/C=c2\sc3nc(-c4ccccc4)nn3c2=O)cc1OC. The van der Waals surface area contributed by atoms with Crippen LogP contribution in [0.2, 0.25) is 0 Å². The number of aromatic nitrogens is 3. The number of thiazole rings is 1. The molecule has 0 N–H and O–H groups in total. The molecule has 0 unspecified atom stereocenters. The van der Waals surface area contributed by atoms with Crippen molar-refractivity contribution in [3.8, 4) is 22.9 Å². The normalized spacial score (nSPS) is 11.9. The number of nitrogens with zero attached hydrogens (tertiary/aromatic N) is 3. The molecule has 2 aromatic heterocycles. The molecular weight excluding hydrogens is 386 g/mol. The van der Waals surface area contributed by atoms with Gasteiger partial charge in [-0.05, 0) is 30.2 Å². The van der Waals surface area contributed by atoms with E-state index in [1.165, 1.54) is 15.9 Å². The molecule has 2 aromatic carbocycles. The quantitative estimate of drug-likeness (QED) is 0.438. The van der Waals surface area contributed by atoms with Gasteiger partial charge in [0.15, 0.2) is 17.3 Å².